The highest BCUT2D eigenvalue weighted by Gasteiger charge is 2.41. The summed E-state index contributed by atoms with van der Waals surface area (Å²) >= 11 is 0. The van der Waals surface area contributed by atoms with Crippen LogP contribution in [0.25, 0.3) is 0 Å². The Labute approximate surface area is 72.2 Å². The van der Waals surface area contributed by atoms with Gasteiger partial charge in [0.2, 0.25) is 0 Å². The van der Waals surface area contributed by atoms with Crippen LogP contribution >= 0.6 is 0 Å². The first kappa shape index (κ1) is 7.62. The molecule has 12 heavy (non-hydrogen) atoms. The van der Waals surface area contributed by atoms with Crippen molar-refractivity contribution < 1.29 is 5.11 Å². The molecule has 0 amide bonds. The topological polar surface area (TPSA) is 32.3 Å². The summed E-state index contributed by atoms with van der Waals surface area (Å²) in [6, 6.07) is 7.95. The van der Waals surface area contributed by atoms with E-state index >= 15 is 0 Å². The molecule has 1 aliphatic carbocycles. The summed E-state index contributed by atoms with van der Waals surface area (Å²) in [5, 5.41) is 12.8. The lowest BCUT2D eigenvalue weighted by atomic mass is 10.1. The van der Waals surface area contributed by atoms with Gasteiger partial charge in [-0.1, -0.05) is 12.1 Å². The van der Waals surface area contributed by atoms with Gasteiger partial charge in [0.05, 0.1) is 5.60 Å². The van der Waals surface area contributed by atoms with Crippen LogP contribution in [0.15, 0.2) is 24.3 Å². The average molecular weight is 163 g/mol. The fourth-order valence-corrected chi connectivity index (χ4v) is 1.37. The van der Waals surface area contributed by atoms with Crippen molar-refractivity contribution in [3.63, 3.8) is 0 Å². The molecule has 64 valence electrons. The first-order valence-corrected chi connectivity index (χ1v) is 4.25. The van der Waals surface area contributed by atoms with Gasteiger partial charge in [0.1, 0.15) is 0 Å². The molecule has 2 heteroatoms. The van der Waals surface area contributed by atoms with Gasteiger partial charge in [0.25, 0.3) is 0 Å². The third-order valence-electron chi connectivity index (χ3n) is 2.41. The summed E-state index contributed by atoms with van der Waals surface area (Å²) in [6.45, 7) is 0. The van der Waals surface area contributed by atoms with Crippen LogP contribution in [0, 0.1) is 0 Å². The monoisotopic (exact) mass is 163 g/mol. The van der Waals surface area contributed by atoms with Crippen molar-refractivity contribution in [2.45, 2.75) is 18.4 Å². The van der Waals surface area contributed by atoms with E-state index < -0.39 is 5.60 Å². The Kier molecular flexibility index (Phi) is 1.58. The van der Waals surface area contributed by atoms with Crippen LogP contribution in [0.3, 0.4) is 0 Å². The number of hydrogen-bond donors (Lipinski definition) is 2. The second-order valence-corrected chi connectivity index (χ2v) is 3.36. The van der Waals surface area contributed by atoms with Gasteiger partial charge in [-0.25, -0.2) is 0 Å². The fourth-order valence-electron chi connectivity index (χ4n) is 1.37. The SMILES string of the molecule is CNc1cccc(C2(O)CC2)c1. The summed E-state index contributed by atoms with van der Waals surface area (Å²) < 4.78 is 0. The lowest BCUT2D eigenvalue weighted by molar-refractivity contribution is 0.151. The predicted molar refractivity (Wildman–Crippen MR) is 49.1 cm³/mol. The molecule has 1 aliphatic rings. The molecule has 0 unspecified atom stereocenters. The van der Waals surface area contributed by atoms with Crippen molar-refractivity contribution in [3.8, 4) is 0 Å². The van der Waals surface area contributed by atoms with E-state index in [0.29, 0.717) is 0 Å². The van der Waals surface area contributed by atoms with Crippen molar-refractivity contribution in [2.75, 3.05) is 12.4 Å². The molecule has 1 fully saturated rings. The summed E-state index contributed by atoms with van der Waals surface area (Å²) in [5.74, 6) is 0. The molecular weight excluding hydrogens is 150 g/mol. The van der Waals surface area contributed by atoms with Crippen LogP contribution in [0.4, 0.5) is 5.69 Å². The zero-order valence-corrected chi connectivity index (χ0v) is 7.17. The number of nitrogens with one attached hydrogen (secondary N) is 1. The molecule has 1 aromatic rings. The Morgan fingerprint density at radius 3 is 2.75 bits per heavy atom. The van der Waals surface area contributed by atoms with E-state index in [0.717, 1.165) is 24.1 Å². The van der Waals surface area contributed by atoms with Crippen LogP contribution in [-0.4, -0.2) is 12.2 Å². The third kappa shape index (κ3) is 1.18. The zero-order chi connectivity index (χ0) is 8.60. The number of anilines is 1. The van der Waals surface area contributed by atoms with Crippen molar-refractivity contribution in [1.82, 2.24) is 0 Å². The smallest absolute Gasteiger partial charge is 0.0899 e. The lowest BCUT2D eigenvalue weighted by Gasteiger charge is -2.09. The average Bonchev–Trinajstić information content (AvgIpc) is 2.85. The highest BCUT2D eigenvalue weighted by Crippen LogP contribution is 2.45. The largest absolute Gasteiger partial charge is 0.388 e. The summed E-state index contributed by atoms with van der Waals surface area (Å²) in [7, 11) is 1.88. The second-order valence-electron chi connectivity index (χ2n) is 3.36. The van der Waals surface area contributed by atoms with Gasteiger partial charge in [0.15, 0.2) is 0 Å². The molecule has 1 aromatic carbocycles. The fraction of sp³-hybridized carbons (Fsp3) is 0.400. The lowest BCUT2D eigenvalue weighted by Crippen LogP contribution is -2.04. The molecule has 0 bridgehead atoms. The van der Waals surface area contributed by atoms with Crippen LogP contribution in [0.2, 0.25) is 0 Å². The van der Waals surface area contributed by atoms with Gasteiger partial charge in [-0.15, -0.1) is 0 Å². The van der Waals surface area contributed by atoms with Gasteiger partial charge < -0.3 is 10.4 Å². The number of benzene rings is 1. The minimum absolute atomic E-state index is 0.507. The predicted octanol–water partition coefficient (Wildman–Crippen LogP) is 1.71. The van der Waals surface area contributed by atoms with Crippen LogP contribution < -0.4 is 5.32 Å². The normalized spacial score (nSPS) is 18.8. The van der Waals surface area contributed by atoms with E-state index in [9.17, 15) is 5.11 Å². The minimum atomic E-state index is -0.507. The molecule has 2 nitrogen and oxygen atoms in total. The highest BCUT2D eigenvalue weighted by molar-refractivity contribution is 5.47. The van der Waals surface area contributed by atoms with Gasteiger partial charge in [-0.05, 0) is 30.5 Å². The van der Waals surface area contributed by atoms with Crippen molar-refractivity contribution in [1.29, 1.82) is 0 Å². The highest BCUT2D eigenvalue weighted by atomic mass is 16.3. The molecule has 2 rings (SSSR count). The maximum atomic E-state index is 9.79. The van der Waals surface area contributed by atoms with E-state index in [1.807, 2.05) is 31.3 Å². The van der Waals surface area contributed by atoms with Crippen LogP contribution in [-0.2, 0) is 5.60 Å². The molecule has 1 saturated carbocycles. The molecular formula is C10H13NO. The van der Waals surface area contributed by atoms with E-state index in [1.165, 1.54) is 0 Å². The van der Waals surface area contributed by atoms with Crippen LogP contribution in [0.5, 0.6) is 0 Å². The molecule has 0 atom stereocenters. The first-order chi connectivity index (χ1) is 5.74. The van der Waals surface area contributed by atoms with E-state index in [2.05, 4.69) is 5.32 Å². The Balaban J connectivity index is 2.32. The van der Waals surface area contributed by atoms with Crippen molar-refractivity contribution in [3.05, 3.63) is 29.8 Å². The van der Waals surface area contributed by atoms with Gasteiger partial charge in [-0.2, -0.15) is 0 Å². The van der Waals surface area contributed by atoms with Gasteiger partial charge in [-0.3, -0.25) is 0 Å². The Hall–Kier alpha value is -1.02. The number of rotatable bonds is 2. The first-order valence-electron chi connectivity index (χ1n) is 4.25. The standard InChI is InChI=1S/C10H13NO/c1-11-9-4-2-3-8(7-9)10(12)5-6-10/h2-4,7,11-12H,5-6H2,1H3. The maximum absolute atomic E-state index is 9.79. The molecule has 0 heterocycles. The molecule has 2 N–H and O–H groups in total. The second kappa shape index (κ2) is 2.49. The zero-order valence-electron chi connectivity index (χ0n) is 7.17. The summed E-state index contributed by atoms with van der Waals surface area (Å²) in [5.41, 5.74) is 1.59. The Bertz CT molecular complexity index is 292. The van der Waals surface area contributed by atoms with E-state index in [1.54, 1.807) is 0 Å². The van der Waals surface area contributed by atoms with Gasteiger partial charge >= 0.3 is 0 Å². The number of hydrogen-bond acceptors (Lipinski definition) is 2. The van der Waals surface area contributed by atoms with Crippen molar-refractivity contribution >= 4 is 5.69 Å². The quantitative estimate of drug-likeness (QED) is 0.695. The maximum Gasteiger partial charge on any atom is 0.0899 e. The summed E-state index contributed by atoms with van der Waals surface area (Å²) in [6.07, 6.45) is 1.81. The summed E-state index contributed by atoms with van der Waals surface area (Å²) in [4.78, 5) is 0. The molecule has 0 saturated heterocycles. The molecule has 0 aromatic heterocycles. The van der Waals surface area contributed by atoms with Crippen LogP contribution in [0.1, 0.15) is 18.4 Å². The van der Waals surface area contributed by atoms with Gasteiger partial charge in [0, 0.05) is 12.7 Å². The Morgan fingerprint density at radius 1 is 1.42 bits per heavy atom. The Morgan fingerprint density at radius 2 is 2.17 bits per heavy atom. The van der Waals surface area contributed by atoms with E-state index in [-0.39, 0.29) is 0 Å². The molecule has 0 radical (unpaired) electrons. The van der Waals surface area contributed by atoms with Crippen molar-refractivity contribution in [2.24, 2.45) is 0 Å². The third-order valence-corrected chi connectivity index (χ3v) is 2.41. The number of aliphatic hydroxyl groups is 1. The van der Waals surface area contributed by atoms with E-state index in [4.69, 9.17) is 0 Å². The molecule has 0 spiro atoms. The molecule has 0 aliphatic heterocycles. The minimum Gasteiger partial charge on any atom is -0.388 e.